The molecule has 0 spiro atoms. The van der Waals surface area contributed by atoms with Crippen LogP contribution < -0.4 is 0 Å². The Hall–Kier alpha value is -0.600. The van der Waals surface area contributed by atoms with E-state index in [0.717, 1.165) is 4.13 Å². The molecule has 0 unspecified atom stereocenters. The summed E-state index contributed by atoms with van der Waals surface area (Å²) >= 11 is 0. The molecule has 140 valence electrons. The molecule has 6 nitrogen and oxygen atoms in total. The molecule has 1 rings (SSSR count). The topological polar surface area (TPSA) is 82.4 Å². The summed E-state index contributed by atoms with van der Waals surface area (Å²) < 4.78 is 111. The molecule has 1 fully saturated rings. The first-order chi connectivity index (χ1) is 10.0. The summed E-state index contributed by atoms with van der Waals surface area (Å²) in [7, 11) is -13.4. The zero-order valence-electron chi connectivity index (χ0n) is 12.1. The van der Waals surface area contributed by atoms with E-state index in [1.165, 1.54) is 37.1 Å². The lowest BCUT2D eigenvalue weighted by atomic mass is 10.4. The Kier molecular flexibility index (Phi) is 6.92. The predicted molar refractivity (Wildman–Crippen MR) is 69.0 cm³/mol. The van der Waals surface area contributed by atoms with E-state index in [9.17, 15) is 43.2 Å². The average molecular weight is 394 g/mol. The maximum absolute atomic E-state index is 11.4. The van der Waals surface area contributed by atoms with Crippen molar-refractivity contribution in [2.45, 2.75) is 31.3 Å². The van der Waals surface area contributed by atoms with Crippen molar-refractivity contribution in [3.8, 4) is 0 Å². The fraction of sp³-hybridized carbons (Fsp3) is 1.00. The third-order valence-electron chi connectivity index (χ3n) is 3.01. The van der Waals surface area contributed by atoms with Crippen molar-refractivity contribution < 1.29 is 47.7 Å². The quantitative estimate of drug-likeness (QED) is 0.407. The van der Waals surface area contributed by atoms with E-state index in [0.29, 0.717) is 0 Å². The minimum Gasteiger partial charge on any atom is -0.421 e. The Labute approximate surface area is 130 Å². The lowest BCUT2D eigenvalue weighted by Gasteiger charge is -2.22. The molecule has 0 aromatic heterocycles. The highest BCUT2D eigenvalue weighted by molar-refractivity contribution is 8.13. The Balaban J connectivity index is 0.000000502. The maximum atomic E-state index is 11.4. The zero-order chi connectivity index (χ0) is 18.7. The summed E-state index contributed by atoms with van der Waals surface area (Å²) in [6.07, 6.45) is 1.36. The van der Waals surface area contributed by atoms with Crippen molar-refractivity contribution in [1.82, 2.24) is 0 Å². The Bertz CT molecular complexity index is 551. The molecule has 1 aliphatic rings. The van der Waals surface area contributed by atoms with Crippen molar-refractivity contribution in [3.05, 3.63) is 4.13 Å². The number of alkyl halides is 6. The summed E-state index contributed by atoms with van der Waals surface area (Å²) in [5.74, 6) is 0. The molecule has 0 aliphatic carbocycles. The Morgan fingerprint density at radius 2 is 1.22 bits per heavy atom. The predicted octanol–water partition coefficient (Wildman–Crippen LogP) is 2.31. The van der Waals surface area contributed by atoms with Crippen LogP contribution in [-0.4, -0.2) is 58.5 Å². The number of hydrogen-bond acceptors (Lipinski definition) is 4. The van der Waals surface area contributed by atoms with E-state index in [2.05, 4.69) is 13.8 Å². The first kappa shape index (κ1) is 22.4. The highest BCUT2D eigenvalue weighted by atomic mass is 32.3. The smallest absolute Gasteiger partial charge is 0.421 e. The molecular weight excluding hydrogens is 378 g/mol. The Morgan fingerprint density at radius 3 is 1.35 bits per heavy atom. The minimum absolute atomic E-state index is 0.778. The second-order valence-electron chi connectivity index (χ2n) is 4.74. The van der Waals surface area contributed by atoms with Crippen molar-refractivity contribution in [3.63, 3.8) is 0 Å². The summed E-state index contributed by atoms with van der Waals surface area (Å²) in [6, 6.07) is 0. The molecule has 0 bridgehead atoms. The van der Waals surface area contributed by atoms with Crippen LogP contribution in [-0.2, 0) is 20.0 Å². The van der Waals surface area contributed by atoms with Gasteiger partial charge in [0.15, 0.2) is 20.0 Å². The van der Waals surface area contributed by atoms with Crippen molar-refractivity contribution in [1.29, 1.82) is 0 Å². The fourth-order valence-corrected chi connectivity index (χ4v) is 3.24. The normalized spacial score (nSPS) is 18.1. The van der Waals surface area contributed by atoms with Gasteiger partial charge in [-0.1, -0.05) is 6.92 Å². The summed E-state index contributed by atoms with van der Waals surface area (Å²) in [5, 5.41) is 0. The SMILES string of the molecule is CCC[N+]1(CC)CC1.O=S(=O)([N-]S(=O)(=O)C(F)(F)F)C(F)(F)F. The van der Waals surface area contributed by atoms with Crippen LogP contribution >= 0.6 is 0 Å². The van der Waals surface area contributed by atoms with Crippen LogP contribution in [0.1, 0.15) is 20.3 Å². The first-order valence-electron chi connectivity index (χ1n) is 6.25. The van der Waals surface area contributed by atoms with Gasteiger partial charge >= 0.3 is 11.0 Å². The number of nitrogens with zero attached hydrogens (tertiary/aromatic N) is 2. The highest BCUT2D eigenvalue weighted by Gasteiger charge is 2.46. The van der Waals surface area contributed by atoms with E-state index < -0.39 is 31.1 Å². The van der Waals surface area contributed by atoms with Gasteiger partial charge in [-0.05, 0) is 13.3 Å². The summed E-state index contributed by atoms with van der Waals surface area (Å²) in [4.78, 5) is 0. The molecule has 1 aliphatic heterocycles. The lowest BCUT2D eigenvalue weighted by molar-refractivity contribution is -0.797. The van der Waals surface area contributed by atoms with Gasteiger partial charge in [0.25, 0.3) is 0 Å². The molecule has 0 aromatic carbocycles. The van der Waals surface area contributed by atoms with Gasteiger partial charge in [0.2, 0.25) is 0 Å². The van der Waals surface area contributed by atoms with Crippen LogP contribution in [0.3, 0.4) is 0 Å². The number of hydrogen-bond donors (Lipinski definition) is 0. The fourth-order valence-electron chi connectivity index (χ4n) is 1.53. The number of halogens is 6. The second-order valence-corrected chi connectivity index (χ2v) is 8.17. The average Bonchev–Trinajstić information content (AvgIpc) is 3.06. The Morgan fingerprint density at radius 1 is 0.870 bits per heavy atom. The van der Waals surface area contributed by atoms with Gasteiger partial charge in [-0.3, -0.25) is 0 Å². The molecule has 0 aromatic rings. The second kappa shape index (κ2) is 7.11. The lowest BCUT2D eigenvalue weighted by Crippen LogP contribution is -2.30. The van der Waals surface area contributed by atoms with Crippen molar-refractivity contribution in [2.75, 3.05) is 26.2 Å². The molecule has 0 saturated carbocycles. The van der Waals surface area contributed by atoms with Crippen LogP contribution in [0.25, 0.3) is 4.13 Å². The van der Waals surface area contributed by atoms with E-state index in [4.69, 9.17) is 0 Å². The van der Waals surface area contributed by atoms with Crippen LogP contribution in [0.4, 0.5) is 26.3 Å². The van der Waals surface area contributed by atoms with Gasteiger partial charge in [0.05, 0.1) is 13.1 Å². The largest absolute Gasteiger partial charge is 0.480 e. The van der Waals surface area contributed by atoms with Gasteiger partial charge in [0, 0.05) is 0 Å². The van der Waals surface area contributed by atoms with Crippen LogP contribution in [0.15, 0.2) is 0 Å². The highest BCUT2D eigenvalue weighted by Crippen LogP contribution is 2.36. The summed E-state index contributed by atoms with van der Waals surface area (Å²) in [5.41, 5.74) is -12.4. The van der Waals surface area contributed by atoms with E-state index >= 15 is 0 Å². The summed E-state index contributed by atoms with van der Waals surface area (Å²) in [6.45, 7) is 10.2. The standard InChI is InChI=1S/C7H16N.C2F6NO4S2/c1-3-5-8(4-2)6-7-8;3-1(4,5)14(10,11)9-15(12,13)2(6,7)8/h3-7H2,1-2H3;/q+1;-1. The molecule has 0 atom stereocenters. The maximum Gasteiger partial charge on any atom is 0.480 e. The molecule has 14 heteroatoms. The van der Waals surface area contributed by atoms with Crippen molar-refractivity contribution >= 4 is 20.0 Å². The van der Waals surface area contributed by atoms with E-state index in [1.54, 1.807) is 0 Å². The minimum atomic E-state index is -6.72. The van der Waals surface area contributed by atoms with Gasteiger partial charge in [0.1, 0.15) is 13.1 Å². The molecule has 0 amide bonds. The molecule has 0 radical (unpaired) electrons. The van der Waals surface area contributed by atoms with E-state index in [1.807, 2.05) is 0 Å². The third-order valence-corrected chi connectivity index (χ3v) is 5.75. The van der Waals surface area contributed by atoms with Crippen LogP contribution in [0.2, 0.25) is 0 Å². The third kappa shape index (κ3) is 6.43. The molecule has 23 heavy (non-hydrogen) atoms. The van der Waals surface area contributed by atoms with Crippen LogP contribution in [0.5, 0.6) is 0 Å². The molecule has 1 saturated heterocycles. The molecular formula is C9H16F6N2O4S2. The number of rotatable bonds is 5. The molecule has 1 heterocycles. The number of sulfonamides is 2. The monoisotopic (exact) mass is 394 g/mol. The van der Waals surface area contributed by atoms with Gasteiger partial charge in [-0.2, -0.15) is 26.3 Å². The van der Waals surface area contributed by atoms with Crippen molar-refractivity contribution in [2.24, 2.45) is 0 Å². The van der Waals surface area contributed by atoms with Gasteiger partial charge in [-0.15, -0.1) is 0 Å². The number of likely N-dealkylation sites (N-methyl/N-ethyl adjacent to an activating group) is 1. The number of quaternary nitrogens is 1. The zero-order valence-corrected chi connectivity index (χ0v) is 13.8. The van der Waals surface area contributed by atoms with E-state index in [-0.39, 0.29) is 0 Å². The van der Waals surface area contributed by atoms with Crippen LogP contribution in [0, 0.1) is 0 Å². The first-order valence-corrected chi connectivity index (χ1v) is 9.13. The molecule has 0 N–H and O–H groups in total. The van der Waals surface area contributed by atoms with Gasteiger partial charge in [-0.25, -0.2) is 16.8 Å². The van der Waals surface area contributed by atoms with Gasteiger partial charge < -0.3 is 8.61 Å².